The molecule has 0 aromatic carbocycles. The van der Waals surface area contributed by atoms with Crippen molar-refractivity contribution in [2.45, 2.75) is 44.9 Å². The first-order valence-corrected chi connectivity index (χ1v) is 8.85. The first kappa shape index (κ1) is 13.9. The van der Waals surface area contributed by atoms with E-state index in [1.54, 1.807) is 11.3 Å². The van der Waals surface area contributed by atoms with Gasteiger partial charge in [-0.15, -0.1) is 11.3 Å². The van der Waals surface area contributed by atoms with Crippen molar-refractivity contribution < 1.29 is 4.79 Å². The summed E-state index contributed by atoms with van der Waals surface area (Å²) in [7, 11) is 0. The Morgan fingerprint density at radius 1 is 1.27 bits per heavy atom. The maximum Gasteiger partial charge on any atom is 0.225 e. The van der Waals surface area contributed by atoms with Gasteiger partial charge in [0.1, 0.15) is 16.5 Å². The first-order valence-electron chi connectivity index (χ1n) is 8.04. The van der Waals surface area contributed by atoms with Crippen LogP contribution in [0.5, 0.6) is 0 Å². The Balaban J connectivity index is 1.78. The van der Waals surface area contributed by atoms with Gasteiger partial charge in [-0.1, -0.05) is 0 Å². The van der Waals surface area contributed by atoms with Crippen molar-refractivity contribution in [3.63, 3.8) is 0 Å². The number of amides is 1. The summed E-state index contributed by atoms with van der Waals surface area (Å²) in [5, 5.41) is 4.69. The van der Waals surface area contributed by atoms with E-state index in [2.05, 4.69) is 15.3 Å². The lowest BCUT2D eigenvalue weighted by Crippen LogP contribution is -2.17. The molecule has 6 heteroatoms. The van der Waals surface area contributed by atoms with Gasteiger partial charge in [0.25, 0.3) is 0 Å². The van der Waals surface area contributed by atoms with Gasteiger partial charge in [-0.3, -0.25) is 4.79 Å². The Bertz CT molecular complexity index is 735. The monoisotopic (exact) mass is 316 g/mol. The van der Waals surface area contributed by atoms with Crippen molar-refractivity contribution in [2.75, 3.05) is 11.9 Å². The number of nitrogens with one attached hydrogen (secondary N) is 1. The average molecular weight is 316 g/mol. The lowest BCUT2D eigenvalue weighted by atomic mass is 9.97. The minimum atomic E-state index is -0.381. The zero-order valence-corrected chi connectivity index (χ0v) is 13.3. The van der Waals surface area contributed by atoms with Crippen LogP contribution < -0.4 is 11.1 Å². The van der Waals surface area contributed by atoms with Crippen LogP contribution in [0.1, 0.15) is 41.9 Å². The summed E-state index contributed by atoms with van der Waals surface area (Å²) in [5.41, 5.74) is 6.74. The van der Waals surface area contributed by atoms with Crippen LogP contribution in [0.3, 0.4) is 0 Å². The smallest absolute Gasteiger partial charge is 0.225 e. The van der Waals surface area contributed by atoms with Crippen molar-refractivity contribution in [1.29, 1.82) is 0 Å². The van der Waals surface area contributed by atoms with E-state index >= 15 is 0 Å². The standard InChI is InChI=1S/C16H20N4OS/c17-12(21)7-13-19-15(18-8-9-5-6-9)14-10-3-1-2-4-11(10)22-16(14)20-13/h9H,1-8H2,(H2,17,21)(H,18,19,20). The molecule has 1 saturated carbocycles. The average Bonchev–Trinajstić information content (AvgIpc) is 3.23. The van der Waals surface area contributed by atoms with Gasteiger partial charge in [-0.05, 0) is 50.0 Å². The molecule has 0 aliphatic heterocycles. The number of hydrogen-bond donors (Lipinski definition) is 2. The normalized spacial score (nSPS) is 17.5. The third kappa shape index (κ3) is 2.67. The number of carbonyl (C=O) groups is 1. The van der Waals surface area contributed by atoms with Crippen LogP contribution in [0.25, 0.3) is 10.2 Å². The fraction of sp³-hybridized carbons (Fsp3) is 0.562. The zero-order valence-electron chi connectivity index (χ0n) is 12.5. The predicted molar refractivity (Wildman–Crippen MR) is 88.2 cm³/mol. The molecule has 0 spiro atoms. The Labute approximate surface area is 133 Å². The predicted octanol–water partition coefficient (Wildman–Crippen LogP) is 2.42. The van der Waals surface area contributed by atoms with Crippen molar-refractivity contribution in [3.8, 4) is 0 Å². The molecular weight excluding hydrogens is 296 g/mol. The number of aryl methyl sites for hydroxylation is 2. The quantitative estimate of drug-likeness (QED) is 0.887. The number of carbonyl (C=O) groups excluding carboxylic acids is 1. The number of rotatable bonds is 5. The highest BCUT2D eigenvalue weighted by Crippen LogP contribution is 2.39. The second-order valence-corrected chi connectivity index (χ2v) is 7.43. The Morgan fingerprint density at radius 2 is 2.09 bits per heavy atom. The molecule has 2 heterocycles. The molecule has 0 radical (unpaired) electrons. The molecule has 3 N–H and O–H groups in total. The largest absolute Gasteiger partial charge is 0.369 e. The lowest BCUT2D eigenvalue weighted by molar-refractivity contribution is -0.117. The number of anilines is 1. The lowest BCUT2D eigenvalue weighted by Gasteiger charge is -2.13. The van der Waals surface area contributed by atoms with E-state index in [4.69, 9.17) is 5.73 Å². The number of hydrogen-bond acceptors (Lipinski definition) is 5. The zero-order chi connectivity index (χ0) is 15.1. The van der Waals surface area contributed by atoms with Crippen LogP contribution in [-0.2, 0) is 24.1 Å². The van der Waals surface area contributed by atoms with E-state index in [0.717, 1.165) is 36.0 Å². The Kier molecular flexibility index (Phi) is 3.48. The summed E-state index contributed by atoms with van der Waals surface area (Å²) in [6.07, 6.45) is 7.47. The summed E-state index contributed by atoms with van der Waals surface area (Å²) < 4.78 is 0. The van der Waals surface area contributed by atoms with E-state index < -0.39 is 0 Å². The summed E-state index contributed by atoms with van der Waals surface area (Å²) in [6, 6.07) is 0. The fourth-order valence-corrected chi connectivity index (χ4v) is 4.41. The highest BCUT2D eigenvalue weighted by atomic mass is 32.1. The summed E-state index contributed by atoms with van der Waals surface area (Å²) in [6.45, 7) is 0.965. The molecule has 116 valence electrons. The Hall–Kier alpha value is -1.69. The maximum atomic E-state index is 11.2. The number of primary amides is 1. The second kappa shape index (κ2) is 5.50. The number of fused-ring (bicyclic) bond motifs is 3. The van der Waals surface area contributed by atoms with Gasteiger partial charge in [0.2, 0.25) is 5.91 Å². The van der Waals surface area contributed by atoms with Gasteiger partial charge in [0.05, 0.1) is 11.8 Å². The van der Waals surface area contributed by atoms with Gasteiger partial charge >= 0.3 is 0 Å². The highest BCUT2D eigenvalue weighted by Gasteiger charge is 2.24. The van der Waals surface area contributed by atoms with Crippen LogP contribution in [-0.4, -0.2) is 22.4 Å². The Morgan fingerprint density at radius 3 is 2.86 bits per heavy atom. The van der Waals surface area contributed by atoms with Crippen LogP contribution in [0, 0.1) is 5.92 Å². The van der Waals surface area contributed by atoms with Crippen LogP contribution in [0.2, 0.25) is 0 Å². The minimum absolute atomic E-state index is 0.108. The van der Waals surface area contributed by atoms with E-state index in [0.29, 0.717) is 5.82 Å². The number of nitrogens with two attached hydrogens (primary N) is 1. The van der Waals surface area contributed by atoms with Gasteiger partial charge in [0.15, 0.2) is 0 Å². The molecule has 2 aromatic heterocycles. The third-order valence-corrected chi connectivity index (χ3v) is 5.63. The van der Waals surface area contributed by atoms with Crippen molar-refractivity contribution in [2.24, 2.45) is 11.7 Å². The van der Waals surface area contributed by atoms with Crippen molar-refractivity contribution in [1.82, 2.24) is 9.97 Å². The third-order valence-electron chi connectivity index (χ3n) is 4.45. The molecule has 0 unspecified atom stereocenters. The van der Waals surface area contributed by atoms with Crippen LogP contribution >= 0.6 is 11.3 Å². The summed E-state index contributed by atoms with van der Waals surface area (Å²) in [4.78, 5) is 22.9. The second-order valence-electron chi connectivity index (χ2n) is 6.35. The van der Waals surface area contributed by atoms with E-state index in [9.17, 15) is 4.79 Å². The topological polar surface area (TPSA) is 80.9 Å². The highest BCUT2D eigenvalue weighted by molar-refractivity contribution is 7.19. The first-order chi connectivity index (χ1) is 10.7. The van der Waals surface area contributed by atoms with Gasteiger partial charge in [-0.2, -0.15) is 0 Å². The molecule has 22 heavy (non-hydrogen) atoms. The number of thiophene rings is 1. The van der Waals surface area contributed by atoms with E-state index in [-0.39, 0.29) is 12.3 Å². The van der Waals surface area contributed by atoms with Gasteiger partial charge in [-0.25, -0.2) is 9.97 Å². The molecule has 4 rings (SSSR count). The van der Waals surface area contributed by atoms with Gasteiger partial charge < -0.3 is 11.1 Å². The molecule has 1 amide bonds. The van der Waals surface area contributed by atoms with Gasteiger partial charge in [0, 0.05) is 11.4 Å². The molecule has 2 aromatic rings. The van der Waals surface area contributed by atoms with E-state index in [1.807, 2.05) is 0 Å². The van der Waals surface area contributed by atoms with Crippen molar-refractivity contribution >= 4 is 33.3 Å². The molecule has 0 bridgehead atoms. The SMILES string of the molecule is NC(=O)Cc1nc(NCC2CC2)c2c3c(sc2n1)CCCC3. The minimum Gasteiger partial charge on any atom is -0.369 e. The molecule has 5 nitrogen and oxygen atoms in total. The number of nitrogens with zero attached hydrogens (tertiary/aromatic N) is 2. The van der Waals surface area contributed by atoms with Crippen LogP contribution in [0.4, 0.5) is 5.82 Å². The molecular formula is C16H20N4OS. The molecule has 2 aliphatic rings. The van der Waals surface area contributed by atoms with Crippen molar-refractivity contribution in [3.05, 3.63) is 16.3 Å². The molecule has 1 fully saturated rings. The molecule has 0 atom stereocenters. The van der Waals surface area contributed by atoms with Crippen LogP contribution in [0.15, 0.2) is 0 Å². The maximum absolute atomic E-state index is 11.2. The molecule has 0 saturated heterocycles. The fourth-order valence-electron chi connectivity index (χ4n) is 3.13. The number of aromatic nitrogens is 2. The summed E-state index contributed by atoms with van der Waals surface area (Å²) >= 11 is 1.76. The van der Waals surface area contributed by atoms with E-state index in [1.165, 1.54) is 41.5 Å². The summed E-state index contributed by atoms with van der Waals surface area (Å²) in [5.74, 6) is 1.84. The molecule has 2 aliphatic carbocycles.